The van der Waals surface area contributed by atoms with Gasteiger partial charge >= 0.3 is 0 Å². The Morgan fingerprint density at radius 1 is 0.839 bits per heavy atom. The quantitative estimate of drug-likeness (QED) is 0.663. The molecule has 31 heavy (non-hydrogen) atoms. The van der Waals surface area contributed by atoms with Gasteiger partial charge in [-0.1, -0.05) is 42.0 Å². The number of carbonyl (C=O) groups is 1. The molecule has 6 nitrogen and oxygen atoms in total. The standard InChI is InChI=1S/C24H25N3O3S/c1-19-10-12-21(13-11-19)25-31(29,30)23-9-5-6-20(18-23)24(28)27-16-14-26(15-17-27)22-7-3-2-4-8-22/h2-13,18,25H,14-17H2,1H3. The molecule has 1 N–H and O–H groups in total. The smallest absolute Gasteiger partial charge is 0.261 e. The molecule has 0 radical (unpaired) electrons. The van der Waals surface area contributed by atoms with Gasteiger partial charge in [-0.25, -0.2) is 8.42 Å². The van der Waals surface area contributed by atoms with Crippen molar-refractivity contribution in [1.82, 2.24) is 4.90 Å². The van der Waals surface area contributed by atoms with Gasteiger partial charge in [-0.3, -0.25) is 9.52 Å². The average molecular weight is 436 g/mol. The van der Waals surface area contributed by atoms with Crippen LogP contribution in [0.2, 0.25) is 0 Å². The van der Waals surface area contributed by atoms with Crippen LogP contribution in [0.1, 0.15) is 15.9 Å². The molecule has 0 spiro atoms. The minimum absolute atomic E-state index is 0.0712. The normalized spacial score (nSPS) is 14.4. The Morgan fingerprint density at radius 3 is 2.19 bits per heavy atom. The first-order valence-corrected chi connectivity index (χ1v) is 11.7. The molecule has 1 heterocycles. The highest BCUT2D eigenvalue weighted by Gasteiger charge is 2.24. The number of anilines is 2. The van der Waals surface area contributed by atoms with Crippen molar-refractivity contribution >= 4 is 27.3 Å². The van der Waals surface area contributed by atoms with Gasteiger partial charge in [0.25, 0.3) is 15.9 Å². The fourth-order valence-electron chi connectivity index (χ4n) is 3.62. The van der Waals surface area contributed by atoms with E-state index in [1.807, 2.05) is 37.3 Å². The van der Waals surface area contributed by atoms with Gasteiger partial charge in [-0.05, 0) is 49.4 Å². The van der Waals surface area contributed by atoms with Crippen molar-refractivity contribution in [2.24, 2.45) is 0 Å². The van der Waals surface area contributed by atoms with E-state index < -0.39 is 10.0 Å². The number of nitrogens with one attached hydrogen (secondary N) is 1. The second kappa shape index (κ2) is 8.81. The van der Waals surface area contributed by atoms with Crippen molar-refractivity contribution in [2.45, 2.75) is 11.8 Å². The van der Waals surface area contributed by atoms with Crippen LogP contribution in [0, 0.1) is 6.92 Å². The topological polar surface area (TPSA) is 69.7 Å². The number of aryl methyl sites for hydroxylation is 1. The molecule has 0 atom stereocenters. The molecule has 3 aromatic carbocycles. The lowest BCUT2D eigenvalue weighted by molar-refractivity contribution is 0.0746. The second-order valence-corrected chi connectivity index (χ2v) is 9.30. The Hall–Kier alpha value is -3.32. The molecule has 0 unspecified atom stereocenters. The summed E-state index contributed by atoms with van der Waals surface area (Å²) in [5.74, 6) is -0.153. The van der Waals surface area contributed by atoms with E-state index in [9.17, 15) is 13.2 Å². The molecular formula is C24H25N3O3S. The van der Waals surface area contributed by atoms with Gasteiger partial charge in [0.05, 0.1) is 4.90 Å². The minimum atomic E-state index is -3.79. The molecular weight excluding hydrogens is 410 g/mol. The van der Waals surface area contributed by atoms with E-state index in [-0.39, 0.29) is 10.8 Å². The van der Waals surface area contributed by atoms with Crippen LogP contribution in [-0.2, 0) is 10.0 Å². The summed E-state index contributed by atoms with van der Waals surface area (Å²) in [4.78, 5) is 17.1. The lowest BCUT2D eigenvalue weighted by Gasteiger charge is -2.36. The Labute approximate surface area is 183 Å². The molecule has 0 aliphatic carbocycles. The third-order valence-electron chi connectivity index (χ3n) is 5.38. The van der Waals surface area contributed by atoms with Gasteiger partial charge in [0.2, 0.25) is 0 Å². The zero-order chi connectivity index (χ0) is 21.8. The number of para-hydroxylation sites is 1. The maximum Gasteiger partial charge on any atom is 0.261 e. The largest absolute Gasteiger partial charge is 0.368 e. The van der Waals surface area contributed by atoms with Crippen molar-refractivity contribution in [1.29, 1.82) is 0 Å². The summed E-state index contributed by atoms with van der Waals surface area (Å²) < 4.78 is 28.2. The van der Waals surface area contributed by atoms with Crippen molar-refractivity contribution in [3.63, 3.8) is 0 Å². The summed E-state index contributed by atoms with van der Waals surface area (Å²) in [5, 5.41) is 0. The average Bonchev–Trinajstić information content (AvgIpc) is 2.81. The molecule has 7 heteroatoms. The first kappa shape index (κ1) is 20.9. The first-order valence-electron chi connectivity index (χ1n) is 10.2. The number of amides is 1. The van der Waals surface area contributed by atoms with Crippen LogP contribution >= 0.6 is 0 Å². The summed E-state index contributed by atoms with van der Waals surface area (Å²) >= 11 is 0. The number of sulfonamides is 1. The van der Waals surface area contributed by atoms with E-state index in [0.29, 0.717) is 24.3 Å². The van der Waals surface area contributed by atoms with Crippen LogP contribution in [0.3, 0.4) is 0 Å². The minimum Gasteiger partial charge on any atom is -0.368 e. The second-order valence-electron chi connectivity index (χ2n) is 7.61. The van der Waals surface area contributed by atoms with Gasteiger partial charge in [-0.15, -0.1) is 0 Å². The summed E-state index contributed by atoms with van der Waals surface area (Å²) in [5.41, 5.74) is 3.05. The van der Waals surface area contributed by atoms with E-state index in [0.717, 1.165) is 24.3 Å². The number of hydrogen-bond acceptors (Lipinski definition) is 4. The highest BCUT2D eigenvalue weighted by Crippen LogP contribution is 2.20. The van der Waals surface area contributed by atoms with Crippen molar-refractivity contribution in [3.8, 4) is 0 Å². The lowest BCUT2D eigenvalue weighted by Crippen LogP contribution is -2.48. The highest BCUT2D eigenvalue weighted by molar-refractivity contribution is 7.92. The molecule has 1 fully saturated rings. The maximum absolute atomic E-state index is 13.0. The molecule has 0 aromatic heterocycles. The van der Waals surface area contributed by atoms with E-state index in [1.165, 1.54) is 12.1 Å². The van der Waals surface area contributed by atoms with Gasteiger partial charge < -0.3 is 9.80 Å². The number of benzene rings is 3. The number of hydrogen-bond donors (Lipinski definition) is 1. The zero-order valence-electron chi connectivity index (χ0n) is 17.4. The highest BCUT2D eigenvalue weighted by atomic mass is 32.2. The van der Waals surface area contributed by atoms with Crippen LogP contribution in [-0.4, -0.2) is 45.4 Å². The van der Waals surface area contributed by atoms with Crippen LogP contribution in [0.5, 0.6) is 0 Å². The van der Waals surface area contributed by atoms with Gasteiger partial charge in [0, 0.05) is 43.1 Å². The number of piperazine rings is 1. The summed E-state index contributed by atoms with van der Waals surface area (Å²) in [6.07, 6.45) is 0. The molecule has 160 valence electrons. The molecule has 3 aromatic rings. The Kier molecular flexibility index (Phi) is 5.95. The SMILES string of the molecule is Cc1ccc(NS(=O)(=O)c2cccc(C(=O)N3CCN(c4ccccc4)CC3)c2)cc1. The van der Waals surface area contributed by atoms with E-state index in [4.69, 9.17) is 0 Å². The third-order valence-corrected chi connectivity index (χ3v) is 6.76. The first-order chi connectivity index (χ1) is 14.9. The Balaban J connectivity index is 1.45. The predicted octanol–water partition coefficient (Wildman–Crippen LogP) is 3.76. The van der Waals surface area contributed by atoms with E-state index >= 15 is 0 Å². The van der Waals surface area contributed by atoms with Gasteiger partial charge in [0.1, 0.15) is 0 Å². The fraction of sp³-hybridized carbons (Fsp3) is 0.208. The molecule has 1 amide bonds. The van der Waals surface area contributed by atoms with E-state index in [2.05, 4.69) is 21.8 Å². The monoisotopic (exact) mass is 435 g/mol. The van der Waals surface area contributed by atoms with Crippen molar-refractivity contribution in [2.75, 3.05) is 35.8 Å². The molecule has 0 bridgehead atoms. The number of carbonyl (C=O) groups excluding carboxylic acids is 1. The van der Waals surface area contributed by atoms with Crippen molar-refractivity contribution < 1.29 is 13.2 Å². The molecule has 0 saturated carbocycles. The molecule has 1 saturated heterocycles. The number of nitrogens with zero attached hydrogens (tertiary/aromatic N) is 2. The maximum atomic E-state index is 13.0. The number of rotatable bonds is 5. The summed E-state index contributed by atoms with van der Waals surface area (Å²) in [6.45, 7) is 4.59. The van der Waals surface area contributed by atoms with Gasteiger partial charge in [0.15, 0.2) is 0 Å². The van der Waals surface area contributed by atoms with Crippen LogP contribution in [0.25, 0.3) is 0 Å². The summed E-state index contributed by atoms with van der Waals surface area (Å²) in [7, 11) is -3.79. The van der Waals surface area contributed by atoms with E-state index in [1.54, 1.807) is 29.2 Å². The lowest BCUT2D eigenvalue weighted by atomic mass is 10.1. The molecule has 1 aliphatic heterocycles. The third kappa shape index (κ3) is 4.88. The molecule has 4 rings (SSSR count). The van der Waals surface area contributed by atoms with Crippen LogP contribution < -0.4 is 9.62 Å². The van der Waals surface area contributed by atoms with Gasteiger partial charge in [-0.2, -0.15) is 0 Å². The summed E-state index contributed by atoms with van der Waals surface area (Å²) in [6, 6.07) is 23.4. The molecule has 1 aliphatic rings. The fourth-order valence-corrected chi connectivity index (χ4v) is 4.73. The Morgan fingerprint density at radius 2 is 1.52 bits per heavy atom. The zero-order valence-corrected chi connectivity index (χ0v) is 18.2. The van der Waals surface area contributed by atoms with Crippen LogP contribution in [0.4, 0.5) is 11.4 Å². The van der Waals surface area contributed by atoms with Crippen LogP contribution in [0.15, 0.2) is 83.8 Å². The predicted molar refractivity (Wildman–Crippen MR) is 123 cm³/mol. The van der Waals surface area contributed by atoms with Crippen molar-refractivity contribution in [3.05, 3.63) is 90.0 Å². The Bertz CT molecular complexity index is 1150.